The van der Waals surface area contributed by atoms with Crippen molar-refractivity contribution >= 4 is 15.9 Å². The number of hydrogen-bond donors (Lipinski definition) is 0. The lowest BCUT2D eigenvalue weighted by atomic mass is 9.79. The van der Waals surface area contributed by atoms with E-state index in [-0.39, 0.29) is 5.41 Å². The Hall–Kier alpha value is -0.560. The maximum atomic E-state index is 3.77. The highest BCUT2D eigenvalue weighted by Gasteiger charge is 2.20. The Balaban J connectivity index is 2.22. The molecule has 0 aliphatic rings. The Kier molecular flexibility index (Phi) is 13.1. The molecule has 0 atom stereocenters. The van der Waals surface area contributed by atoms with Crippen molar-refractivity contribution in [2.45, 2.75) is 117 Å². The number of unbranched alkanes of at least 4 members (excludes halogenated alkanes) is 9. The summed E-state index contributed by atoms with van der Waals surface area (Å²) in [6.07, 6.45) is 17.8. The first-order valence-corrected chi connectivity index (χ1v) is 12.2. The van der Waals surface area contributed by atoms with Crippen molar-refractivity contribution in [1.29, 1.82) is 0 Å². The molecule has 0 bridgehead atoms. The first kappa shape index (κ1) is 24.5. The summed E-state index contributed by atoms with van der Waals surface area (Å²) in [6, 6.07) is 11.0. The van der Waals surface area contributed by atoms with Crippen LogP contribution in [0.15, 0.2) is 40.4 Å². The van der Waals surface area contributed by atoms with Crippen molar-refractivity contribution in [2.24, 2.45) is 0 Å². The van der Waals surface area contributed by atoms with Crippen LogP contribution in [0.1, 0.15) is 117 Å². The van der Waals surface area contributed by atoms with Gasteiger partial charge in [0, 0.05) is 0 Å². The molecule has 0 saturated heterocycles. The van der Waals surface area contributed by atoms with E-state index >= 15 is 0 Å². The molecule has 0 N–H and O–H groups in total. The monoisotopic (exact) mass is 434 g/mol. The van der Waals surface area contributed by atoms with Crippen molar-refractivity contribution in [3.05, 3.63) is 46.0 Å². The molecular formula is C26H43Br. The van der Waals surface area contributed by atoms with E-state index in [2.05, 4.69) is 74.0 Å². The highest BCUT2D eigenvalue weighted by Crippen LogP contribution is 2.32. The molecule has 0 radical (unpaired) electrons. The van der Waals surface area contributed by atoms with Crippen molar-refractivity contribution in [1.82, 2.24) is 0 Å². The van der Waals surface area contributed by atoms with Crippen LogP contribution in [0.3, 0.4) is 0 Å². The fourth-order valence-corrected chi connectivity index (χ4v) is 4.19. The molecule has 0 aliphatic heterocycles. The molecule has 0 aliphatic carbocycles. The quantitative estimate of drug-likeness (QED) is 0.241. The summed E-state index contributed by atoms with van der Waals surface area (Å²) in [7, 11) is 0. The van der Waals surface area contributed by atoms with Gasteiger partial charge in [0.15, 0.2) is 0 Å². The fourth-order valence-electron chi connectivity index (χ4n) is 3.79. The summed E-state index contributed by atoms with van der Waals surface area (Å²) >= 11 is 3.77. The minimum Gasteiger partial charge on any atom is -0.0654 e. The molecule has 0 saturated carbocycles. The lowest BCUT2D eigenvalue weighted by molar-refractivity contribution is 0.472. The first-order chi connectivity index (χ1) is 13.0. The lowest BCUT2D eigenvalue weighted by Crippen LogP contribution is -2.17. The van der Waals surface area contributed by atoms with Gasteiger partial charge in [-0.25, -0.2) is 0 Å². The molecule has 0 nitrogen and oxygen atoms in total. The van der Waals surface area contributed by atoms with Crippen LogP contribution in [0, 0.1) is 0 Å². The Labute approximate surface area is 178 Å². The largest absolute Gasteiger partial charge is 0.0654 e. The van der Waals surface area contributed by atoms with Crippen molar-refractivity contribution < 1.29 is 0 Å². The van der Waals surface area contributed by atoms with Gasteiger partial charge in [0.05, 0.1) is 0 Å². The van der Waals surface area contributed by atoms with E-state index in [0.29, 0.717) is 0 Å². The number of hydrogen-bond acceptors (Lipinski definition) is 0. The smallest absolute Gasteiger partial charge is 0.00884 e. The average Bonchev–Trinajstić information content (AvgIpc) is 2.66. The van der Waals surface area contributed by atoms with Gasteiger partial charge in [-0.1, -0.05) is 130 Å². The highest BCUT2D eigenvalue weighted by molar-refractivity contribution is 9.11. The molecule has 0 unspecified atom stereocenters. The minimum atomic E-state index is 0.243. The predicted octanol–water partition coefficient (Wildman–Crippen LogP) is 9.72. The van der Waals surface area contributed by atoms with Crippen LogP contribution in [-0.4, -0.2) is 0 Å². The van der Waals surface area contributed by atoms with Crippen LogP contribution in [0.2, 0.25) is 0 Å². The highest BCUT2D eigenvalue weighted by atomic mass is 79.9. The molecular weight excluding hydrogens is 392 g/mol. The standard InChI is InChI=1S/C26H43Br/c1-5-6-7-8-9-10-11-12-13-15-18-24(23(2)27)21-22-26(3,4)25-19-16-14-17-20-25/h14,16-17,19-20H,5-13,15,18,21-22H2,1-4H3. The second-order valence-electron chi connectivity index (χ2n) is 8.82. The normalized spacial score (nSPS) is 12.9. The fraction of sp³-hybridized carbons (Fsp3) is 0.692. The average molecular weight is 436 g/mol. The third kappa shape index (κ3) is 11.1. The van der Waals surface area contributed by atoms with Gasteiger partial charge in [0.2, 0.25) is 0 Å². The first-order valence-electron chi connectivity index (χ1n) is 11.4. The number of benzene rings is 1. The van der Waals surface area contributed by atoms with E-state index in [4.69, 9.17) is 0 Å². The predicted molar refractivity (Wildman–Crippen MR) is 127 cm³/mol. The Morgan fingerprint density at radius 3 is 1.81 bits per heavy atom. The molecule has 1 rings (SSSR count). The van der Waals surface area contributed by atoms with E-state index in [1.54, 1.807) is 5.57 Å². The van der Waals surface area contributed by atoms with Gasteiger partial charge in [0.1, 0.15) is 0 Å². The SMILES string of the molecule is CCCCCCCCCCCCC(CCC(C)(C)c1ccccc1)=C(C)Br. The molecule has 0 fully saturated rings. The van der Waals surface area contributed by atoms with E-state index in [0.717, 1.165) is 0 Å². The van der Waals surface area contributed by atoms with Crippen LogP contribution < -0.4 is 0 Å². The molecule has 27 heavy (non-hydrogen) atoms. The second kappa shape index (κ2) is 14.4. The van der Waals surface area contributed by atoms with Gasteiger partial charge in [0.25, 0.3) is 0 Å². The third-order valence-corrected chi connectivity index (χ3v) is 6.49. The van der Waals surface area contributed by atoms with Crippen molar-refractivity contribution in [3.8, 4) is 0 Å². The summed E-state index contributed by atoms with van der Waals surface area (Å²) in [5.41, 5.74) is 3.32. The summed E-state index contributed by atoms with van der Waals surface area (Å²) in [5, 5.41) is 0. The van der Waals surface area contributed by atoms with E-state index in [9.17, 15) is 0 Å². The Bertz CT molecular complexity index is 508. The van der Waals surface area contributed by atoms with Crippen LogP contribution in [0.4, 0.5) is 0 Å². The van der Waals surface area contributed by atoms with Gasteiger partial charge in [-0.2, -0.15) is 0 Å². The van der Waals surface area contributed by atoms with Crippen LogP contribution in [0.5, 0.6) is 0 Å². The minimum absolute atomic E-state index is 0.243. The zero-order valence-electron chi connectivity index (χ0n) is 18.5. The Morgan fingerprint density at radius 1 is 0.778 bits per heavy atom. The molecule has 154 valence electrons. The van der Waals surface area contributed by atoms with Gasteiger partial charge in [-0.05, 0) is 48.1 Å². The zero-order chi connectivity index (χ0) is 20.0. The number of allylic oxidation sites excluding steroid dienone is 2. The van der Waals surface area contributed by atoms with E-state index < -0.39 is 0 Å². The third-order valence-electron chi connectivity index (χ3n) is 5.93. The van der Waals surface area contributed by atoms with Crippen LogP contribution >= 0.6 is 15.9 Å². The van der Waals surface area contributed by atoms with Gasteiger partial charge < -0.3 is 0 Å². The maximum absolute atomic E-state index is 3.77. The van der Waals surface area contributed by atoms with Gasteiger partial charge >= 0.3 is 0 Å². The molecule has 0 heterocycles. The lowest BCUT2D eigenvalue weighted by Gasteiger charge is -2.26. The second-order valence-corrected chi connectivity index (χ2v) is 10.0. The Morgan fingerprint density at radius 2 is 1.30 bits per heavy atom. The van der Waals surface area contributed by atoms with Crippen molar-refractivity contribution in [3.63, 3.8) is 0 Å². The molecule has 1 aromatic rings. The molecule has 0 aromatic heterocycles. The van der Waals surface area contributed by atoms with E-state index in [1.807, 2.05) is 0 Å². The summed E-state index contributed by atoms with van der Waals surface area (Å²) < 4.78 is 1.36. The zero-order valence-corrected chi connectivity index (χ0v) is 20.0. The van der Waals surface area contributed by atoms with Crippen molar-refractivity contribution in [2.75, 3.05) is 0 Å². The molecule has 0 spiro atoms. The molecule has 1 heteroatoms. The van der Waals surface area contributed by atoms with Crippen LogP contribution in [-0.2, 0) is 5.41 Å². The van der Waals surface area contributed by atoms with Gasteiger partial charge in [-0.15, -0.1) is 0 Å². The summed E-state index contributed by atoms with van der Waals surface area (Å²) in [5.74, 6) is 0. The topological polar surface area (TPSA) is 0 Å². The maximum Gasteiger partial charge on any atom is -0.00884 e. The molecule has 1 aromatic carbocycles. The van der Waals surface area contributed by atoms with E-state index in [1.165, 1.54) is 93.5 Å². The van der Waals surface area contributed by atoms with Gasteiger partial charge in [-0.3, -0.25) is 0 Å². The summed E-state index contributed by atoms with van der Waals surface area (Å²) in [4.78, 5) is 0. The number of rotatable bonds is 15. The molecule has 0 amide bonds. The summed E-state index contributed by atoms with van der Waals surface area (Å²) in [6.45, 7) is 9.27. The number of halogens is 1. The van der Waals surface area contributed by atoms with Crippen LogP contribution in [0.25, 0.3) is 0 Å².